The summed E-state index contributed by atoms with van der Waals surface area (Å²) in [5.74, 6) is 0.541. The first-order valence-corrected chi connectivity index (χ1v) is 7.29. The zero-order chi connectivity index (χ0) is 12.4. The van der Waals surface area contributed by atoms with E-state index in [1.165, 1.54) is 43.2 Å². The van der Waals surface area contributed by atoms with Crippen molar-refractivity contribution in [2.75, 3.05) is 6.61 Å². The topological polar surface area (TPSA) is 35.2 Å². The number of hydrogen-bond acceptors (Lipinski definition) is 2. The Morgan fingerprint density at radius 2 is 2.11 bits per heavy atom. The summed E-state index contributed by atoms with van der Waals surface area (Å²) >= 11 is 0. The summed E-state index contributed by atoms with van der Waals surface area (Å²) in [4.78, 5) is 0. The van der Waals surface area contributed by atoms with Gasteiger partial charge in [0, 0.05) is 12.6 Å². The number of ether oxygens (including phenoxy) is 1. The lowest BCUT2D eigenvalue weighted by molar-refractivity contribution is 0.0950. The third-order valence-electron chi connectivity index (χ3n) is 4.49. The van der Waals surface area contributed by atoms with E-state index < -0.39 is 0 Å². The largest absolute Gasteiger partial charge is 0.378 e. The van der Waals surface area contributed by atoms with Crippen LogP contribution >= 0.6 is 0 Å². The van der Waals surface area contributed by atoms with Crippen molar-refractivity contribution in [1.82, 2.24) is 0 Å². The molecule has 2 N–H and O–H groups in total. The lowest BCUT2D eigenvalue weighted by Crippen LogP contribution is -2.34. The number of nitrogens with two attached hydrogens (primary N) is 1. The molecule has 3 rings (SSSR count). The van der Waals surface area contributed by atoms with Gasteiger partial charge in [-0.15, -0.1) is 0 Å². The normalized spacial score (nSPS) is 28.9. The van der Waals surface area contributed by atoms with Gasteiger partial charge in [0.25, 0.3) is 0 Å². The maximum absolute atomic E-state index is 6.46. The predicted octanol–water partition coefficient (Wildman–Crippen LogP) is 3.00. The molecule has 1 aromatic carbocycles. The Morgan fingerprint density at radius 1 is 1.22 bits per heavy atom. The second-order valence-corrected chi connectivity index (χ2v) is 5.73. The number of rotatable bonds is 3. The molecule has 2 aliphatic rings. The molecule has 0 radical (unpaired) electrons. The second-order valence-electron chi connectivity index (χ2n) is 5.73. The smallest absolute Gasteiger partial charge is 0.0591 e. The highest BCUT2D eigenvalue weighted by Gasteiger charge is 2.28. The van der Waals surface area contributed by atoms with Gasteiger partial charge in [-0.2, -0.15) is 0 Å². The van der Waals surface area contributed by atoms with Crippen molar-refractivity contribution in [1.29, 1.82) is 0 Å². The third kappa shape index (κ3) is 2.45. The van der Waals surface area contributed by atoms with E-state index in [-0.39, 0.29) is 6.04 Å². The van der Waals surface area contributed by atoms with Crippen molar-refractivity contribution in [2.24, 2.45) is 5.73 Å². The Hall–Kier alpha value is -0.860. The predicted molar refractivity (Wildman–Crippen MR) is 73.7 cm³/mol. The summed E-state index contributed by atoms with van der Waals surface area (Å²) in [6, 6.07) is 9.09. The van der Waals surface area contributed by atoms with Crippen LogP contribution in [0.1, 0.15) is 49.1 Å². The number of aryl methyl sites for hydroxylation is 1. The average Bonchev–Trinajstić information content (AvgIpc) is 2.91. The molecule has 0 aromatic heterocycles. The molecule has 0 amide bonds. The molecule has 0 saturated carbocycles. The fourth-order valence-corrected chi connectivity index (χ4v) is 3.53. The summed E-state index contributed by atoms with van der Waals surface area (Å²) in [5, 5.41) is 0. The van der Waals surface area contributed by atoms with Crippen LogP contribution in [0.3, 0.4) is 0 Å². The van der Waals surface area contributed by atoms with Gasteiger partial charge in [0.05, 0.1) is 6.10 Å². The van der Waals surface area contributed by atoms with E-state index in [4.69, 9.17) is 10.5 Å². The first kappa shape index (κ1) is 12.2. The molecule has 3 atom stereocenters. The quantitative estimate of drug-likeness (QED) is 0.888. The van der Waals surface area contributed by atoms with Crippen LogP contribution in [0.2, 0.25) is 0 Å². The van der Waals surface area contributed by atoms with Crippen LogP contribution in [-0.2, 0) is 11.2 Å². The SMILES string of the molecule is NC(CC1CCCO1)C1CCCc2ccccc21. The van der Waals surface area contributed by atoms with E-state index in [2.05, 4.69) is 24.3 Å². The van der Waals surface area contributed by atoms with Crippen molar-refractivity contribution < 1.29 is 4.74 Å². The molecule has 1 heterocycles. The molecule has 1 saturated heterocycles. The van der Waals surface area contributed by atoms with Crippen LogP contribution in [0.4, 0.5) is 0 Å². The summed E-state index contributed by atoms with van der Waals surface area (Å²) in [6.07, 6.45) is 7.58. The Balaban J connectivity index is 1.72. The summed E-state index contributed by atoms with van der Waals surface area (Å²) in [7, 11) is 0. The van der Waals surface area contributed by atoms with Crippen molar-refractivity contribution in [3.05, 3.63) is 35.4 Å². The van der Waals surface area contributed by atoms with E-state index in [0.29, 0.717) is 12.0 Å². The van der Waals surface area contributed by atoms with E-state index in [1.54, 1.807) is 0 Å². The first-order chi connectivity index (χ1) is 8.84. The second kappa shape index (κ2) is 5.41. The molecule has 98 valence electrons. The summed E-state index contributed by atoms with van der Waals surface area (Å²) in [6.45, 7) is 0.929. The number of fused-ring (bicyclic) bond motifs is 1. The minimum Gasteiger partial charge on any atom is -0.378 e. The molecular weight excluding hydrogens is 222 g/mol. The van der Waals surface area contributed by atoms with Crippen LogP contribution < -0.4 is 5.73 Å². The van der Waals surface area contributed by atoms with Crippen molar-refractivity contribution in [2.45, 2.75) is 56.6 Å². The van der Waals surface area contributed by atoms with Gasteiger partial charge in [-0.05, 0) is 55.6 Å². The highest BCUT2D eigenvalue weighted by Crippen LogP contribution is 2.35. The van der Waals surface area contributed by atoms with Crippen LogP contribution in [0, 0.1) is 0 Å². The van der Waals surface area contributed by atoms with Gasteiger partial charge in [0.1, 0.15) is 0 Å². The fraction of sp³-hybridized carbons (Fsp3) is 0.625. The van der Waals surface area contributed by atoms with E-state index in [0.717, 1.165) is 13.0 Å². The summed E-state index contributed by atoms with van der Waals surface area (Å²) in [5.41, 5.74) is 9.47. The van der Waals surface area contributed by atoms with Gasteiger partial charge < -0.3 is 10.5 Å². The zero-order valence-corrected chi connectivity index (χ0v) is 11.0. The van der Waals surface area contributed by atoms with Gasteiger partial charge in [0.2, 0.25) is 0 Å². The van der Waals surface area contributed by atoms with Crippen molar-refractivity contribution >= 4 is 0 Å². The van der Waals surface area contributed by atoms with E-state index >= 15 is 0 Å². The molecule has 1 aliphatic carbocycles. The monoisotopic (exact) mass is 245 g/mol. The molecular formula is C16H23NO. The molecule has 18 heavy (non-hydrogen) atoms. The lowest BCUT2D eigenvalue weighted by atomic mass is 9.77. The summed E-state index contributed by atoms with van der Waals surface area (Å²) < 4.78 is 5.72. The first-order valence-electron chi connectivity index (χ1n) is 7.29. The number of benzene rings is 1. The van der Waals surface area contributed by atoms with Crippen LogP contribution in [0.15, 0.2) is 24.3 Å². The van der Waals surface area contributed by atoms with Crippen LogP contribution in [0.5, 0.6) is 0 Å². The van der Waals surface area contributed by atoms with Gasteiger partial charge in [0.15, 0.2) is 0 Å². The molecule has 1 aromatic rings. The maximum atomic E-state index is 6.46. The van der Waals surface area contributed by atoms with Crippen LogP contribution in [0.25, 0.3) is 0 Å². The molecule has 2 heteroatoms. The van der Waals surface area contributed by atoms with Gasteiger partial charge in [-0.1, -0.05) is 24.3 Å². The average molecular weight is 245 g/mol. The Morgan fingerprint density at radius 3 is 2.94 bits per heavy atom. The molecule has 0 spiro atoms. The molecule has 3 unspecified atom stereocenters. The molecule has 2 nitrogen and oxygen atoms in total. The van der Waals surface area contributed by atoms with Gasteiger partial charge in [-0.25, -0.2) is 0 Å². The minimum absolute atomic E-state index is 0.259. The van der Waals surface area contributed by atoms with Gasteiger partial charge in [-0.3, -0.25) is 0 Å². The van der Waals surface area contributed by atoms with E-state index in [9.17, 15) is 0 Å². The third-order valence-corrected chi connectivity index (χ3v) is 4.49. The Kier molecular flexibility index (Phi) is 3.67. The van der Waals surface area contributed by atoms with Gasteiger partial charge >= 0.3 is 0 Å². The van der Waals surface area contributed by atoms with E-state index in [1.807, 2.05) is 0 Å². The molecule has 1 aliphatic heterocycles. The maximum Gasteiger partial charge on any atom is 0.0591 e. The highest BCUT2D eigenvalue weighted by molar-refractivity contribution is 5.33. The Labute approximate surface area is 110 Å². The number of hydrogen-bond donors (Lipinski definition) is 1. The lowest BCUT2D eigenvalue weighted by Gasteiger charge is -2.31. The minimum atomic E-state index is 0.259. The molecule has 0 bridgehead atoms. The standard InChI is InChI=1S/C16H23NO/c17-16(11-13-7-4-10-18-13)15-9-3-6-12-5-1-2-8-14(12)15/h1-2,5,8,13,15-16H,3-4,6-7,9-11,17H2. The molecule has 1 fully saturated rings. The fourth-order valence-electron chi connectivity index (χ4n) is 3.53. The van der Waals surface area contributed by atoms with Crippen molar-refractivity contribution in [3.8, 4) is 0 Å². The van der Waals surface area contributed by atoms with Crippen molar-refractivity contribution in [3.63, 3.8) is 0 Å². The zero-order valence-electron chi connectivity index (χ0n) is 11.0. The van der Waals surface area contributed by atoms with Crippen LogP contribution in [-0.4, -0.2) is 18.8 Å². The highest BCUT2D eigenvalue weighted by atomic mass is 16.5. The Bertz CT molecular complexity index is 398.